The van der Waals surface area contributed by atoms with Crippen LogP contribution in [0.25, 0.3) is 0 Å². The summed E-state index contributed by atoms with van der Waals surface area (Å²) >= 11 is 0. The molecule has 0 unspecified atom stereocenters. The molecule has 27 heavy (non-hydrogen) atoms. The van der Waals surface area contributed by atoms with Crippen LogP contribution < -0.4 is 15.4 Å². The summed E-state index contributed by atoms with van der Waals surface area (Å²) in [5, 5.41) is 6.71. The standard InChI is InChI=1S/C22H24N4O/c1-16-4-9-21(25-15-16)26-18-5-7-19(8-6-18)27-22-20(3-2-12-24-22)17-10-13-23-14-11-17/h2-9,12,15,17,23H,10-11,13-14H2,1H3,(H,25,26). The van der Waals surface area contributed by atoms with Gasteiger partial charge >= 0.3 is 0 Å². The Bertz CT molecular complexity index is 872. The van der Waals surface area contributed by atoms with E-state index in [1.165, 1.54) is 5.56 Å². The molecule has 1 saturated heterocycles. The van der Waals surface area contributed by atoms with Gasteiger partial charge in [0.25, 0.3) is 0 Å². The van der Waals surface area contributed by atoms with E-state index in [0.29, 0.717) is 11.8 Å². The van der Waals surface area contributed by atoms with Crippen molar-refractivity contribution in [2.24, 2.45) is 0 Å². The van der Waals surface area contributed by atoms with E-state index < -0.39 is 0 Å². The van der Waals surface area contributed by atoms with E-state index in [4.69, 9.17) is 4.74 Å². The lowest BCUT2D eigenvalue weighted by molar-refractivity contribution is 0.419. The van der Waals surface area contributed by atoms with Crippen molar-refractivity contribution >= 4 is 11.5 Å². The van der Waals surface area contributed by atoms with Gasteiger partial charge in [0.15, 0.2) is 0 Å². The molecule has 5 nitrogen and oxygen atoms in total. The predicted octanol–water partition coefficient (Wildman–Crippen LogP) is 4.79. The van der Waals surface area contributed by atoms with Gasteiger partial charge in [-0.25, -0.2) is 9.97 Å². The molecule has 0 amide bonds. The third-order valence-electron chi connectivity index (χ3n) is 4.83. The average Bonchev–Trinajstić information content (AvgIpc) is 2.72. The van der Waals surface area contributed by atoms with Crippen LogP contribution in [0.4, 0.5) is 11.5 Å². The molecule has 0 spiro atoms. The van der Waals surface area contributed by atoms with Crippen LogP contribution in [0.1, 0.15) is 29.9 Å². The Hall–Kier alpha value is -2.92. The molecule has 0 saturated carbocycles. The van der Waals surface area contributed by atoms with Gasteiger partial charge in [-0.1, -0.05) is 12.1 Å². The fourth-order valence-corrected chi connectivity index (χ4v) is 3.34. The van der Waals surface area contributed by atoms with Gasteiger partial charge in [-0.15, -0.1) is 0 Å². The fraction of sp³-hybridized carbons (Fsp3) is 0.273. The summed E-state index contributed by atoms with van der Waals surface area (Å²) in [5.74, 6) is 2.83. The maximum Gasteiger partial charge on any atom is 0.222 e. The minimum Gasteiger partial charge on any atom is -0.439 e. The zero-order valence-electron chi connectivity index (χ0n) is 15.5. The van der Waals surface area contributed by atoms with E-state index in [1.807, 2.05) is 55.6 Å². The van der Waals surface area contributed by atoms with Crippen LogP contribution in [0.3, 0.4) is 0 Å². The molecule has 1 aromatic carbocycles. The largest absolute Gasteiger partial charge is 0.439 e. The van der Waals surface area contributed by atoms with Crippen molar-refractivity contribution < 1.29 is 4.74 Å². The van der Waals surface area contributed by atoms with Gasteiger partial charge in [0.1, 0.15) is 11.6 Å². The topological polar surface area (TPSA) is 59.1 Å². The van der Waals surface area contributed by atoms with E-state index in [1.54, 1.807) is 6.20 Å². The van der Waals surface area contributed by atoms with Crippen molar-refractivity contribution in [3.05, 3.63) is 72.1 Å². The molecule has 4 rings (SSSR count). The number of aryl methyl sites for hydroxylation is 1. The van der Waals surface area contributed by atoms with Crippen LogP contribution in [0.5, 0.6) is 11.6 Å². The Morgan fingerprint density at radius 2 is 1.81 bits per heavy atom. The molecule has 0 atom stereocenters. The second kappa shape index (κ2) is 8.18. The van der Waals surface area contributed by atoms with Crippen LogP contribution in [-0.4, -0.2) is 23.1 Å². The summed E-state index contributed by atoms with van der Waals surface area (Å²) in [6.45, 7) is 4.12. The van der Waals surface area contributed by atoms with Gasteiger partial charge in [-0.2, -0.15) is 0 Å². The SMILES string of the molecule is Cc1ccc(Nc2ccc(Oc3ncccc3C3CCNCC3)cc2)nc1. The number of hydrogen-bond donors (Lipinski definition) is 2. The summed E-state index contributed by atoms with van der Waals surface area (Å²) in [7, 11) is 0. The second-order valence-corrected chi connectivity index (χ2v) is 6.89. The summed E-state index contributed by atoms with van der Waals surface area (Å²) in [6.07, 6.45) is 5.88. The number of hydrogen-bond acceptors (Lipinski definition) is 5. The van der Waals surface area contributed by atoms with Crippen molar-refractivity contribution in [3.8, 4) is 11.6 Å². The van der Waals surface area contributed by atoms with Crippen LogP contribution in [0.2, 0.25) is 0 Å². The monoisotopic (exact) mass is 360 g/mol. The number of aromatic nitrogens is 2. The molecule has 3 heterocycles. The van der Waals surface area contributed by atoms with Crippen molar-refractivity contribution in [1.29, 1.82) is 0 Å². The number of piperidine rings is 1. The Balaban J connectivity index is 1.46. The molecule has 5 heteroatoms. The maximum absolute atomic E-state index is 6.11. The predicted molar refractivity (Wildman–Crippen MR) is 108 cm³/mol. The number of benzene rings is 1. The quantitative estimate of drug-likeness (QED) is 0.685. The number of anilines is 2. The second-order valence-electron chi connectivity index (χ2n) is 6.89. The van der Waals surface area contributed by atoms with E-state index in [0.717, 1.165) is 48.7 Å². The van der Waals surface area contributed by atoms with E-state index in [9.17, 15) is 0 Å². The molecular formula is C22H24N4O. The number of rotatable bonds is 5. The highest BCUT2D eigenvalue weighted by molar-refractivity contribution is 5.57. The highest BCUT2D eigenvalue weighted by Gasteiger charge is 2.20. The van der Waals surface area contributed by atoms with Gasteiger partial charge in [-0.3, -0.25) is 0 Å². The first-order valence-corrected chi connectivity index (χ1v) is 9.41. The average molecular weight is 360 g/mol. The lowest BCUT2D eigenvalue weighted by atomic mass is 9.91. The normalized spacial score (nSPS) is 14.7. The molecule has 1 aliphatic heterocycles. The van der Waals surface area contributed by atoms with Gasteiger partial charge in [-0.05, 0) is 80.7 Å². The third kappa shape index (κ3) is 4.44. The first kappa shape index (κ1) is 17.5. The zero-order valence-corrected chi connectivity index (χ0v) is 15.5. The Kier molecular flexibility index (Phi) is 5.30. The highest BCUT2D eigenvalue weighted by Crippen LogP contribution is 2.33. The van der Waals surface area contributed by atoms with Crippen molar-refractivity contribution in [3.63, 3.8) is 0 Å². The Morgan fingerprint density at radius 3 is 2.56 bits per heavy atom. The third-order valence-corrected chi connectivity index (χ3v) is 4.83. The Labute approximate surface area is 159 Å². The fourth-order valence-electron chi connectivity index (χ4n) is 3.34. The lowest BCUT2D eigenvalue weighted by Crippen LogP contribution is -2.26. The molecule has 138 valence electrons. The number of ether oxygens (including phenoxy) is 1. The highest BCUT2D eigenvalue weighted by atomic mass is 16.5. The van der Waals surface area contributed by atoms with Crippen molar-refractivity contribution in [1.82, 2.24) is 15.3 Å². The molecular weight excluding hydrogens is 336 g/mol. The van der Waals surface area contributed by atoms with Crippen LogP contribution >= 0.6 is 0 Å². The van der Waals surface area contributed by atoms with Crippen LogP contribution in [0, 0.1) is 6.92 Å². The van der Waals surface area contributed by atoms with E-state index >= 15 is 0 Å². The maximum atomic E-state index is 6.11. The van der Waals surface area contributed by atoms with Crippen molar-refractivity contribution in [2.75, 3.05) is 18.4 Å². The lowest BCUT2D eigenvalue weighted by Gasteiger charge is -2.24. The molecule has 0 radical (unpaired) electrons. The van der Waals surface area contributed by atoms with Gasteiger partial charge in [0, 0.05) is 23.6 Å². The summed E-state index contributed by atoms with van der Waals surface area (Å²) in [5.41, 5.74) is 3.31. The summed E-state index contributed by atoms with van der Waals surface area (Å²) < 4.78 is 6.11. The summed E-state index contributed by atoms with van der Waals surface area (Å²) in [4.78, 5) is 8.85. The van der Waals surface area contributed by atoms with Gasteiger partial charge in [0.2, 0.25) is 5.88 Å². The van der Waals surface area contributed by atoms with E-state index in [2.05, 4.69) is 26.7 Å². The van der Waals surface area contributed by atoms with Gasteiger partial charge in [0.05, 0.1) is 0 Å². The number of nitrogens with one attached hydrogen (secondary N) is 2. The first-order chi connectivity index (χ1) is 13.3. The minimum absolute atomic E-state index is 0.503. The molecule has 3 aromatic rings. The zero-order chi connectivity index (χ0) is 18.5. The van der Waals surface area contributed by atoms with Gasteiger partial charge < -0.3 is 15.4 Å². The molecule has 2 N–H and O–H groups in total. The van der Waals surface area contributed by atoms with Crippen molar-refractivity contribution in [2.45, 2.75) is 25.7 Å². The number of nitrogens with zero attached hydrogens (tertiary/aromatic N) is 2. The number of pyridine rings is 2. The summed E-state index contributed by atoms with van der Waals surface area (Å²) in [6, 6.07) is 16.0. The minimum atomic E-state index is 0.503. The Morgan fingerprint density at radius 1 is 1.00 bits per heavy atom. The molecule has 1 fully saturated rings. The molecule has 1 aliphatic rings. The molecule has 0 aliphatic carbocycles. The smallest absolute Gasteiger partial charge is 0.222 e. The first-order valence-electron chi connectivity index (χ1n) is 9.41. The molecule has 2 aromatic heterocycles. The van der Waals surface area contributed by atoms with Crippen LogP contribution in [-0.2, 0) is 0 Å². The van der Waals surface area contributed by atoms with Crippen LogP contribution in [0.15, 0.2) is 60.9 Å². The van der Waals surface area contributed by atoms with E-state index in [-0.39, 0.29) is 0 Å². The molecule has 0 bridgehead atoms.